The van der Waals surface area contributed by atoms with Crippen LogP contribution < -0.4 is 31.9 Å². The molecule has 588 valence electrons. The summed E-state index contributed by atoms with van der Waals surface area (Å²) in [6.45, 7) is 29.1. The number of nitrogens with one attached hydrogen (secondary N) is 6. The SMILES string of the molecule is C=CCOC(=O)/C=C/c1cc(NC(=O)/C=C/c2cc(NC(=O)CCC(=O)O[C@@H]3C[C@H](C)CC[C@H]3C(C)C)cc(NC(=O)CCC(=O)O[C@@H]3C[C@H](C)CC[C@H]3C(C)C)c2)cc(NC(=O)/C=C/c2cc(NC(=O)CCC(=O)O[C@@H]3C[C@H](C)CC[C@H]3C(C)C)cc(NC(=O)CCC(=O)O[C@@H]3C[C@H](C)CC[C@H]3C(C)C)c2)c1. The molecule has 22 nitrogen and oxygen atoms in total. The van der Waals surface area contributed by atoms with E-state index in [9.17, 15) is 52.7 Å². The highest BCUT2D eigenvalue weighted by molar-refractivity contribution is 6.06. The largest absolute Gasteiger partial charge is 0.462 e. The molecule has 4 saturated carbocycles. The van der Waals surface area contributed by atoms with Crippen LogP contribution in [0, 0.1) is 71.0 Å². The molecule has 0 saturated heterocycles. The summed E-state index contributed by atoms with van der Waals surface area (Å²) in [5.41, 5.74) is 2.32. The van der Waals surface area contributed by atoms with Crippen LogP contribution >= 0.6 is 0 Å². The molecule has 0 spiro atoms. The van der Waals surface area contributed by atoms with Crippen LogP contribution in [0.15, 0.2) is 85.5 Å². The quantitative estimate of drug-likeness (QED) is 0.0140. The molecule has 0 aliphatic heterocycles. The van der Waals surface area contributed by atoms with Crippen molar-refractivity contribution in [2.45, 2.75) is 236 Å². The van der Waals surface area contributed by atoms with Gasteiger partial charge in [0.2, 0.25) is 35.4 Å². The lowest BCUT2D eigenvalue weighted by Gasteiger charge is -2.36. The number of carbonyl (C=O) groups excluding carboxylic acids is 11. The number of hydrogen-bond donors (Lipinski definition) is 6. The van der Waals surface area contributed by atoms with E-state index in [-0.39, 0.29) is 140 Å². The van der Waals surface area contributed by atoms with Gasteiger partial charge in [-0.3, -0.25) is 47.9 Å². The predicted octanol–water partition coefficient (Wildman–Crippen LogP) is 16.6. The average molecular weight is 1490 g/mol. The second-order valence-electron chi connectivity index (χ2n) is 32.0. The van der Waals surface area contributed by atoms with Gasteiger partial charge in [0.25, 0.3) is 0 Å². The normalized spacial score (nSPS) is 23.0. The van der Waals surface area contributed by atoms with E-state index >= 15 is 0 Å². The van der Waals surface area contributed by atoms with Crippen LogP contribution in [0.5, 0.6) is 0 Å². The highest BCUT2D eigenvalue weighted by Gasteiger charge is 2.37. The predicted molar refractivity (Wildman–Crippen MR) is 421 cm³/mol. The van der Waals surface area contributed by atoms with Gasteiger partial charge in [0.05, 0.1) is 25.7 Å². The minimum atomic E-state index is -0.694. The fourth-order valence-electron chi connectivity index (χ4n) is 15.4. The van der Waals surface area contributed by atoms with E-state index < -0.39 is 65.3 Å². The lowest BCUT2D eigenvalue weighted by Crippen LogP contribution is -2.36. The minimum Gasteiger partial charge on any atom is -0.462 e. The number of anilines is 6. The number of amides is 6. The zero-order valence-electron chi connectivity index (χ0n) is 65.6. The number of carbonyl (C=O) groups is 11. The first-order chi connectivity index (χ1) is 51.3. The van der Waals surface area contributed by atoms with Gasteiger partial charge >= 0.3 is 29.8 Å². The summed E-state index contributed by atoms with van der Waals surface area (Å²) in [4.78, 5) is 148. The van der Waals surface area contributed by atoms with Crippen molar-refractivity contribution in [2.75, 3.05) is 38.5 Å². The summed E-state index contributed by atoms with van der Waals surface area (Å²) in [6, 6.07) is 13.9. The molecule has 0 aromatic heterocycles. The second-order valence-corrected chi connectivity index (χ2v) is 32.0. The van der Waals surface area contributed by atoms with E-state index in [1.54, 1.807) is 36.4 Å². The molecule has 0 unspecified atom stereocenters. The molecule has 7 rings (SSSR count). The number of rotatable bonds is 34. The van der Waals surface area contributed by atoms with Gasteiger partial charge in [0.1, 0.15) is 31.0 Å². The maximum absolute atomic E-state index is 14.0. The Morgan fingerprint density at radius 3 is 0.833 bits per heavy atom. The van der Waals surface area contributed by atoms with Gasteiger partial charge in [-0.1, -0.05) is 121 Å². The fourth-order valence-corrected chi connectivity index (χ4v) is 15.4. The van der Waals surface area contributed by atoms with Crippen LogP contribution in [0.3, 0.4) is 0 Å². The highest BCUT2D eigenvalue weighted by Crippen LogP contribution is 2.40. The van der Waals surface area contributed by atoms with E-state index in [2.05, 4.69) is 122 Å². The van der Waals surface area contributed by atoms with Gasteiger partial charge in [-0.15, -0.1) is 0 Å². The highest BCUT2D eigenvalue weighted by atomic mass is 16.6. The summed E-state index contributed by atoms with van der Waals surface area (Å²) in [7, 11) is 0. The Kier molecular flexibility index (Phi) is 33.9. The lowest BCUT2D eigenvalue weighted by atomic mass is 9.75. The third kappa shape index (κ3) is 29.4. The molecule has 0 bridgehead atoms. The van der Waals surface area contributed by atoms with Crippen molar-refractivity contribution in [3.8, 4) is 0 Å². The number of benzene rings is 3. The molecular weight excluding hydrogens is 1370 g/mol. The van der Waals surface area contributed by atoms with Crippen LogP contribution in [0.1, 0.15) is 228 Å². The first kappa shape index (κ1) is 86.0. The lowest BCUT2D eigenvalue weighted by molar-refractivity contribution is -0.157. The van der Waals surface area contributed by atoms with Gasteiger partial charge in [0, 0.05) is 78.0 Å². The van der Waals surface area contributed by atoms with Crippen molar-refractivity contribution in [3.63, 3.8) is 0 Å². The minimum absolute atomic E-state index is 0.0550. The molecule has 6 amide bonds. The molecule has 4 aliphatic rings. The molecule has 108 heavy (non-hydrogen) atoms. The van der Waals surface area contributed by atoms with E-state index in [1.807, 2.05) is 0 Å². The topological polar surface area (TPSA) is 306 Å². The Morgan fingerprint density at radius 2 is 0.593 bits per heavy atom. The molecule has 4 aliphatic carbocycles. The molecular formula is C86H118N6O16. The number of hydrogen-bond acceptors (Lipinski definition) is 16. The molecule has 22 heteroatoms. The van der Waals surface area contributed by atoms with Crippen LogP contribution in [-0.4, -0.2) is 96.3 Å². The van der Waals surface area contributed by atoms with Crippen molar-refractivity contribution in [2.24, 2.45) is 71.0 Å². The third-order valence-electron chi connectivity index (χ3n) is 21.3. The van der Waals surface area contributed by atoms with Crippen LogP contribution in [-0.2, 0) is 76.4 Å². The standard InChI is InChI=1S/C86H118N6O16/c1-14-37-104-82(99)32-21-61-46-66(87-76(93)26-19-59-42-62(89-78(95)28-33-83(100)105-72-38-55(10)15-22-68(72)51(2)3)48-63(43-59)90-79(96)29-34-84(101)106-73-39-56(11)16-23-69(73)52(4)5)50-67(47-61)88-77(94)27-20-60-44-64(91-80(97)30-35-85(102)107-74-40-57(12)17-24-70(74)53(6)7)49-65(45-60)92-81(98)31-36-86(103)108-75-41-58(13)18-25-71(75)54(8)9/h14,19-21,26-27,32,42-58,68-75H,1,15-18,22-25,28-31,33-41H2,2-13H3,(H,87,93)(H,88,94)(H,89,95)(H,90,96)(H,91,97)(H,92,98)/b26-19+,27-20+,32-21+/t55-,56-,57-,58-,68+,69+,70+,71+,72-,73-,74-,75-/m1/s1. The van der Waals surface area contributed by atoms with E-state index in [0.717, 1.165) is 83.1 Å². The van der Waals surface area contributed by atoms with Crippen molar-refractivity contribution in [1.82, 2.24) is 0 Å². The Balaban J connectivity index is 1.08. The fraction of sp³-hybridized carbons (Fsp3) is 0.570. The Labute approximate surface area is 638 Å². The molecule has 3 aromatic carbocycles. The van der Waals surface area contributed by atoms with Crippen molar-refractivity contribution >= 4 is 118 Å². The van der Waals surface area contributed by atoms with Crippen molar-refractivity contribution < 1.29 is 76.4 Å². The van der Waals surface area contributed by atoms with Gasteiger partial charge in [0.15, 0.2) is 0 Å². The van der Waals surface area contributed by atoms with E-state index in [1.165, 1.54) is 54.7 Å². The summed E-state index contributed by atoms with van der Waals surface area (Å²) in [6.07, 6.45) is 18.0. The summed E-state index contributed by atoms with van der Waals surface area (Å²) in [5.74, 6) is -2.10. The molecule has 0 heterocycles. The van der Waals surface area contributed by atoms with Gasteiger partial charge in [-0.05, 0) is 212 Å². The zero-order chi connectivity index (χ0) is 78.7. The van der Waals surface area contributed by atoms with E-state index in [0.29, 0.717) is 64.0 Å². The third-order valence-corrected chi connectivity index (χ3v) is 21.3. The first-order valence-corrected chi connectivity index (χ1v) is 39.2. The van der Waals surface area contributed by atoms with Crippen molar-refractivity contribution in [1.29, 1.82) is 0 Å². The van der Waals surface area contributed by atoms with Gasteiger partial charge < -0.3 is 55.6 Å². The summed E-state index contributed by atoms with van der Waals surface area (Å²) in [5, 5.41) is 16.9. The Morgan fingerprint density at radius 1 is 0.352 bits per heavy atom. The number of ether oxygens (including phenoxy) is 5. The monoisotopic (exact) mass is 1490 g/mol. The molecule has 3 aromatic rings. The average Bonchev–Trinajstić information content (AvgIpc) is 0.866. The smallest absolute Gasteiger partial charge is 0.331 e. The maximum atomic E-state index is 14.0. The number of esters is 5. The molecule has 6 N–H and O–H groups in total. The Bertz CT molecular complexity index is 3360. The second kappa shape index (κ2) is 42.5. The summed E-state index contributed by atoms with van der Waals surface area (Å²) < 4.78 is 29.0. The zero-order valence-corrected chi connectivity index (χ0v) is 65.6. The van der Waals surface area contributed by atoms with Crippen LogP contribution in [0.4, 0.5) is 34.1 Å². The van der Waals surface area contributed by atoms with Crippen molar-refractivity contribution in [3.05, 3.63) is 102 Å². The summed E-state index contributed by atoms with van der Waals surface area (Å²) >= 11 is 0. The molecule has 4 fully saturated rings. The Hall–Kier alpha value is -9.21. The molecule has 0 radical (unpaired) electrons. The van der Waals surface area contributed by atoms with E-state index in [4.69, 9.17) is 23.7 Å². The molecule has 12 atom stereocenters. The van der Waals surface area contributed by atoms with Gasteiger partial charge in [-0.2, -0.15) is 0 Å². The van der Waals surface area contributed by atoms with Crippen LogP contribution in [0.25, 0.3) is 18.2 Å². The first-order valence-electron chi connectivity index (χ1n) is 39.2. The van der Waals surface area contributed by atoms with Gasteiger partial charge in [-0.25, -0.2) is 4.79 Å². The van der Waals surface area contributed by atoms with Crippen LogP contribution in [0.2, 0.25) is 0 Å². The maximum Gasteiger partial charge on any atom is 0.331 e.